The number of hydrogen-bond donors (Lipinski definition) is 3. The molecule has 4 amide bonds. The monoisotopic (exact) mass is 243 g/mol. The fourth-order valence-corrected chi connectivity index (χ4v) is 1.33. The molecule has 0 aromatic heterocycles. The molecule has 8 nitrogen and oxygen atoms in total. The van der Waals surface area contributed by atoms with Crippen LogP contribution in [0.25, 0.3) is 0 Å². The van der Waals surface area contributed by atoms with Crippen molar-refractivity contribution >= 4 is 23.8 Å². The minimum atomic E-state index is -1.19. The summed E-state index contributed by atoms with van der Waals surface area (Å²) in [5.41, 5.74) is 0. The third-order valence-electron chi connectivity index (χ3n) is 2.40. The lowest BCUT2D eigenvalue weighted by Crippen LogP contribution is -2.49. The number of carboxylic acids is 1. The second kappa shape index (κ2) is 4.81. The summed E-state index contributed by atoms with van der Waals surface area (Å²) in [4.78, 5) is 45.3. The zero-order valence-corrected chi connectivity index (χ0v) is 9.39. The zero-order valence-electron chi connectivity index (χ0n) is 9.39. The number of likely N-dealkylation sites (N-methyl/N-ethyl adjacent to an activating group) is 1. The summed E-state index contributed by atoms with van der Waals surface area (Å²) in [5.74, 6) is -2.08. The van der Waals surface area contributed by atoms with Crippen LogP contribution >= 0.6 is 0 Å². The molecule has 1 rings (SSSR count). The van der Waals surface area contributed by atoms with E-state index in [1.54, 1.807) is 0 Å². The molecule has 0 aliphatic carbocycles. The molecule has 94 valence electrons. The Bertz CT molecular complexity index is 381. The molecular weight excluding hydrogens is 230 g/mol. The Hall–Kier alpha value is -2.12. The minimum Gasteiger partial charge on any atom is -0.480 e. The summed E-state index contributed by atoms with van der Waals surface area (Å²) in [6.45, 7) is 1.29. The average Bonchev–Trinajstić information content (AvgIpc) is 2.46. The lowest BCUT2D eigenvalue weighted by Gasteiger charge is -2.14. The van der Waals surface area contributed by atoms with Gasteiger partial charge in [-0.3, -0.25) is 19.3 Å². The van der Waals surface area contributed by atoms with Gasteiger partial charge in [0.2, 0.25) is 5.91 Å². The Balaban J connectivity index is 2.50. The maximum absolute atomic E-state index is 11.4. The molecule has 1 unspecified atom stereocenters. The highest BCUT2D eigenvalue weighted by atomic mass is 16.4. The highest BCUT2D eigenvalue weighted by molar-refractivity contribution is 6.06. The van der Waals surface area contributed by atoms with Gasteiger partial charge >= 0.3 is 12.0 Å². The third kappa shape index (κ3) is 2.92. The maximum Gasteiger partial charge on any atom is 0.325 e. The highest BCUT2D eigenvalue weighted by Gasteiger charge is 2.37. The first kappa shape index (κ1) is 12.9. The van der Waals surface area contributed by atoms with Gasteiger partial charge < -0.3 is 15.7 Å². The highest BCUT2D eigenvalue weighted by Crippen LogP contribution is 2.10. The fraction of sp³-hybridized carbons (Fsp3) is 0.556. The molecule has 1 aliphatic heterocycles. The molecule has 8 heteroatoms. The van der Waals surface area contributed by atoms with Gasteiger partial charge in [-0.1, -0.05) is 0 Å². The van der Waals surface area contributed by atoms with Gasteiger partial charge in [-0.15, -0.1) is 0 Å². The van der Waals surface area contributed by atoms with E-state index in [0.29, 0.717) is 0 Å². The largest absolute Gasteiger partial charge is 0.480 e. The van der Waals surface area contributed by atoms with Crippen molar-refractivity contribution in [1.82, 2.24) is 15.5 Å². The van der Waals surface area contributed by atoms with Crippen LogP contribution in [0.1, 0.15) is 13.3 Å². The number of rotatable bonds is 3. The van der Waals surface area contributed by atoms with Crippen LogP contribution in [0.5, 0.6) is 0 Å². The topological polar surface area (TPSA) is 116 Å². The summed E-state index contributed by atoms with van der Waals surface area (Å²) in [6, 6.07) is -2.78. The zero-order chi connectivity index (χ0) is 13.2. The Labute approximate surface area is 97.0 Å². The number of likely N-dealkylation sites (tertiary alicyclic amines) is 1. The molecule has 1 aliphatic rings. The number of carbonyl (C=O) groups excluding carboxylic acids is 3. The second-order valence-electron chi connectivity index (χ2n) is 3.73. The van der Waals surface area contributed by atoms with Crippen molar-refractivity contribution in [2.45, 2.75) is 25.4 Å². The van der Waals surface area contributed by atoms with Crippen LogP contribution in [0.4, 0.5) is 4.79 Å². The van der Waals surface area contributed by atoms with Gasteiger partial charge in [0.15, 0.2) is 0 Å². The van der Waals surface area contributed by atoms with E-state index in [0.717, 1.165) is 4.90 Å². The van der Waals surface area contributed by atoms with E-state index in [1.165, 1.54) is 14.0 Å². The third-order valence-corrected chi connectivity index (χ3v) is 2.40. The lowest BCUT2D eigenvalue weighted by molar-refractivity contribution is -0.139. The van der Waals surface area contributed by atoms with Gasteiger partial charge in [0.25, 0.3) is 5.91 Å². The molecule has 3 N–H and O–H groups in total. The predicted octanol–water partition coefficient (Wildman–Crippen LogP) is -1.48. The number of aliphatic carboxylic acids is 1. The second-order valence-corrected chi connectivity index (χ2v) is 3.73. The summed E-state index contributed by atoms with van der Waals surface area (Å²) < 4.78 is 0. The van der Waals surface area contributed by atoms with Gasteiger partial charge in [0.05, 0.1) is 6.42 Å². The Morgan fingerprint density at radius 2 is 2.06 bits per heavy atom. The maximum atomic E-state index is 11.4. The number of imide groups is 1. The number of carboxylic acid groups (broad SMARTS) is 1. The van der Waals surface area contributed by atoms with E-state index in [1.807, 2.05) is 0 Å². The van der Waals surface area contributed by atoms with Crippen LogP contribution in [0, 0.1) is 0 Å². The van der Waals surface area contributed by atoms with Crippen molar-refractivity contribution in [2.24, 2.45) is 0 Å². The van der Waals surface area contributed by atoms with Gasteiger partial charge in [0, 0.05) is 7.05 Å². The standard InChI is InChI=1S/C9H13N3O5/c1-4(8(15)16)10-9(17)11-5-3-6(13)12(2)7(5)14/h4-5H,3H2,1-2H3,(H,15,16)(H2,10,11,17)/t4-,5?/m0/s1. The quantitative estimate of drug-likeness (QED) is 0.522. The first-order valence-electron chi connectivity index (χ1n) is 4.93. The van der Waals surface area contributed by atoms with Crippen LogP contribution in [0.2, 0.25) is 0 Å². The van der Waals surface area contributed by atoms with Crippen molar-refractivity contribution in [3.63, 3.8) is 0 Å². The van der Waals surface area contributed by atoms with Crippen molar-refractivity contribution < 1.29 is 24.3 Å². The fourth-order valence-electron chi connectivity index (χ4n) is 1.33. The van der Waals surface area contributed by atoms with E-state index in [9.17, 15) is 19.2 Å². The SMILES string of the molecule is C[C@H](NC(=O)NC1CC(=O)N(C)C1=O)C(=O)O. The summed E-state index contributed by atoms with van der Waals surface area (Å²) in [5, 5.41) is 12.9. The van der Waals surface area contributed by atoms with Crippen molar-refractivity contribution in [2.75, 3.05) is 7.05 Å². The van der Waals surface area contributed by atoms with E-state index in [-0.39, 0.29) is 12.3 Å². The van der Waals surface area contributed by atoms with Crippen LogP contribution in [0.15, 0.2) is 0 Å². The van der Waals surface area contributed by atoms with Crippen LogP contribution < -0.4 is 10.6 Å². The summed E-state index contributed by atoms with van der Waals surface area (Å²) in [6.07, 6.45) is -0.107. The van der Waals surface area contributed by atoms with Gasteiger partial charge in [-0.05, 0) is 6.92 Å². The molecule has 0 bridgehead atoms. The normalized spacial score (nSPS) is 21.3. The molecule has 0 aromatic carbocycles. The van der Waals surface area contributed by atoms with Crippen molar-refractivity contribution in [3.05, 3.63) is 0 Å². The molecule has 0 radical (unpaired) electrons. The van der Waals surface area contributed by atoms with Crippen LogP contribution in [-0.2, 0) is 14.4 Å². The first-order valence-corrected chi connectivity index (χ1v) is 4.93. The summed E-state index contributed by atoms with van der Waals surface area (Å²) in [7, 11) is 1.32. The molecule has 1 fully saturated rings. The Kier molecular flexibility index (Phi) is 3.66. The minimum absolute atomic E-state index is 0.107. The van der Waals surface area contributed by atoms with Crippen molar-refractivity contribution in [1.29, 1.82) is 0 Å². The Morgan fingerprint density at radius 1 is 1.47 bits per heavy atom. The molecule has 2 atom stereocenters. The van der Waals surface area contributed by atoms with Crippen LogP contribution in [0.3, 0.4) is 0 Å². The number of carbonyl (C=O) groups is 4. The number of hydrogen-bond acceptors (Lipinski definition) is 4. The summed E-state index contributed by atoms with van der Waals surface area (Å²) >= 11 is 0. The molecular formula is C9H13N3O5. The van der Waals surface area contributed by atoms with E-state index >= 15 is 0 Å². The van der Waals surface area contributed by atoms with Gasteiger partial charge in [-0.2, -0.15) is 0 Å². The predicted molar refractivity (Wildman–Crippen MR) is 54.9 cm³/mol. The molecule has 0 spiro atoms. The molecule has 0 aromatic rings. The number of nitrogens with one attached hydrogen (secondary N) is 2. The molecule has 17 heavy (non-hydrogen) atoms. The number of amides is 4. The number of urea groups is 1. The molecule has 1 heterocycles. The molecule has 0 saturated carbocycles. The lowest BCUT2D eigenvalue weighted by atomic mass is 10.2. The van der Waals surface area contributed by atoms with Gasteiger partial charge in [0.1, 0.15) is 12.1 Å². The van der Waals surface area contributed by atoms with Crippen molar-refractivity contribution in [3.8, 4) is 0 Å². The molecule has 1 saturated heterocycles. The van der Waals surface area contributed by atoms with E-state index in [4.69, 9.17) is 5.11 Å². The average molecular weight is 243 g/mol. The van der Waals surface area contributed by atoms with E-state index in [2.05, 4.69) is 10.6 Å². The number of nitrogens with zero attached hydrogens (tertiary/aromatic N) is 1. The van der Waals surface area contributed by atoms with E-state index < -0.39 is 30.0 Å². The Morgan fingerprint density at radius 3 is 2.47 bits per heavy atom. The smallest absolute Gasteiger partial charge is 0.325 e. The van der Waals surface area contributed by atoms with Gasteiger partial charge in [-0.25, -0.2) is 4.79 Å². The first-order chi connectivity index (χ1) is 7.82. The van der Waals surface area contributed by atoms with Crippen LogP contribution in [-0.4, -0.2) is 53.0 Å².